The molecule has 1 amide bonds. The highest BCUT2D eigenvalue weighted by molar-refractivity contribution is 6.18. The molecule has 0 heterocycles. The van der Waals surface area contributed by atoms with E-state index in [0.717, 1.165) is 24.3 Å². The van der Waals surface area contributed by atoms with Gasteiger partial charge in [-0.25, -0.2) is 0 Å². The molecule has 1 aromatic rings. The summed E-state index contributed by atoms with van der Waals surface area (Å²) < 4.78 is 0. The van der Waals surface area contributed by atoms with Crippen molar-refractivity contribution in [2.75, 3.05) is 29.7 Å². The van der Waals surface area contributed by atoms with Gasteiger partial charge >= 0.3 is 0 Å². The van der Waals surface area contributed by atoms with Crippen LogP contribution in [-0.4, -0.2) is 36.8 Å². The number of anilines is 1. The lowest BCUT2D eigenvalue weighted by Crippen LogP contribution is -2.32. The van der Waals surface area contributed by atoms with Crippen LogP contribution in [0.4, 0.5) is 5.69 Å². The highest BCUT2D eigenvalue weighted by Crippen LogP contribution is 2.16. The van der Waals surface area contributed by atoms with E-state index in [1.165, 1.54) is 0 Å². The molecule has 0 spiro atoms. The number of allylic oxidation sites excluding steroid dienone is 2. The number of rotatable bonds is 8. The molecular formula is C17H20Cl2N2O. The van der Waals surface area contributed by atoms with Crippen LogP contribution in [0.25, 0.3) is 0 Å². The number of benzene rings is 1. The summed E-state index contributed by atoms with van der Waals surface area (Å²) >= 11 is 11.6. The zero-order valence-electron chi connectivity index (χ0n) is 12.3. The standard InChI is InChI=1S/C17H20Cl2N2O/c18-9-11-21(12-10-19)16-7-5-14(6-8-16)13-17(22)20-15-3-1-2-4-15/h1-8,15H,9-13H2,(H,20,22). The molecule has 0 aromatic heterocycles. The lowest BCUT2D eigenvalue weighted by Gasteiger charge is -2.23. The van der Waals surface area contributed by atoms with Crippen molar-refractivity contribution in [2.24, 2.45) is 0 Å². The maximum Gasteiger partial charge on any atom is 0.225 e. The largest absolute Gasteiger partial charge is 0.369 e. The van der Waals surface area contributed by atoms with E-state index in [1.807, 2.05) is 48.6 Å². The van der Waals surface area contributed by atoms with Crippen LogP contribution >= 0.6 is 23.2 Å². The summed E-state index contributed by atoms with van der Waals surface area (Å²) in [4.78, 5) is 14.1. The first-order chi connectivity index (χ1) is 10.7. The number of nitrogens with one attached hydrogen (secondary N) is 1. The third-order valence-electron chi connectivity index (χ3n) is 3.45. The maximum atomic E-state index is 12.0. The van der Waals surface area contributed by atoms with E-state index in [9.17, 15) is 4.79 Å². The molecule has 1 N–H and O–H groups in total. The Bertz CT molecular complexity index is 522. The van der Waals surface area contributed by atoms with Crippen molar-refractivity contribution >= 4 is 34.8 Å². The Kier molecular flexibility index (Phi) is 6.81. The second-order valence-electron chi connectivity index (χ2n) is 5.07. The summed E-state index contributed by atoms with van der Waals surface area (Å²) in [6.07, 6.45) is 8.15. The number of alkyl halides is 2. The van der Waals surface area contributed by atoms with Crippen molar-refractivity contribution in [1.82, 2.24) is 5.32 Å². The molecule has 0 atom stereocenters. The minimum absolute atomic E-state index is 0.0207. The lowest BCUT2D eigenvalue weighted by molar-refractivity contribution is -0.120. The minimum atomic E-state index is 0.0207. The quantitative estimate of drug-likeness (QED) is 0.738. The Hall–Kier alpha value is -1.45. The van der Waals surface area contributed by atoms with E-state index in [4.69, 9.17) is 23.2 Å². The first-order valence-electron chi connectivity index (χ1n) is 7.33. The summed E-state index contributed by atoms with van der Waals surface area (Å²) in [5, 5.41) is 2.95. The summed E-state index contributed by atoms with van der Waals surface area (Å²) in [5.41, 5.74) is 2.07. The van der Waals surface area contributed by atoms with Crippen molar-refractivity contribution in [3.8, 4) is 0 Å². The molecule has 118 valence electrons. The fraction of sp³-hybridized carbons (Fsp3) is 0.353. The highest BCUT2D eigenvalue weighted by atomic mass is 35.5. The molecule has 0 saturated carbocycles. The Balaban J connectivity index is 1.91. The van der Waals surface area contributed by atoms with E-state index in [2.05, 4.69) is 10.2 Å². The third-order valence-corrected chi connectivity index (χ3v) is 3.79. The molecule has 1 aromatic carbocycles. The smallest absolute Gasteiger partial charge is 0.225 e. The maximum absolute atomic E-state index is 12.0. The molecule has 0 fully saturated rings. The lowest BCUT2D eigenvalue weighted by atomic mass is 10.1. The molecule has 0 saturated heterocycles. The molecule has 5 heteroatoms. The van der Waals surface area contributed by atoms with E-state index in [0.29, 0.717) is 18.2 Å². The zero-order chi connectivity index (χ0) is 15.8. The molecule has 22 heavy (non-hydrogen) atoms. The zero-order valence-corrected chi connectivity index (χ0v) is 13.9. The van der Waals surface area contributed by atoms with E-state index in [1.54, 1.807) is 0 Å². The van der Waals surface area contributed by atoms with Gasteiger partial charge in [-0.1, -0.05) is 36.4 Å². The number of hydrogen-bond acceptors (Lipinski definition) is 2. The van der Waals surface area contributed by atoms with Gasteiger partial charge < -0.3 is 10.2 Å². The van der Waals surface area contributed by atoms with Gasteiger partial charge in [-0.05, 0) is 17.7 Å². The Morgan fingerprint density at radius 2 is 1.64 bits per heavy atom. The number of nitrogens with zero attached hydrogens (tertiary/aromatic N) is 1. The van der Waals surface area contributed by atoms with Crippen molar-refractivity contribution in [3.05, 3.63) is 54.1 Å². The average molecular weight is 339 g/mol. The third kappa shape index (κ3) is 5.08. The van der Waals surface area contributed by atoms with Crippen LogP contribution in [0.5, 0.6) is 0 Å². The van der Waals surface area contributed by atoms with E-state index >= 15 is 0 Å². The van der Waals surface area contributed by atoms with Crippen molar-refractivity contribution in [1.29, 1.82) is 0 Å². The van der Waals surface area contributed by atoms with Gasteiger partial charge in [0.1, 0.15) is 0 Å². The number of hydrogen-bond donors (Lipinski definition) is 1. The molecule has 2 rings (SSSR count). The van der Waals surface area contributed by atoms with E-state index in [-0.39, 0.29) is 11.9 Å². The van der Waals surface area contributed by atoms with Gasteiger partial charge in [0.05, 0.1) is 12.5 Å². The van der Waals surface area contributed by atoms with Crippen molar-refractivity contribution < 1.29 is 4.79 Å². The Morgan fingerprint density at radius 3 is 2.18 bits per heavy atom. The molecule has 3 nitrogen and oxygen atoms in total. The summed E-state index contributed by atoms with van der Waals surface area (Å²) in [6.45, 7) is 1.52. The Labute approximate surface area is 141 Å². The number of carbonyl (C=O) groups is 1. The molecule has 0 radical (unpaired) electrons. The second kappa shape index (κ2) is 8.86. The molecule has 0 aliphatic heterocycles. The monoisotopic (exact) mass is 338 g/mol. The van der Waals surface area contributed by atoms with Crippen LogP contribution < -0.4 is 10.2 Å². The van der Waals surface area contributed by atoms with Crippen LogP contribution in [0.3, 0.4) is 0 Å². The molecule has 0 bridgehead atoms. The number of carbonyl (C=O) groups excluding carboxylic acids is 1. The Morgan fingerprint density at radius 1 is 1.05 bits per heavy atom. The summed E-state index contributed by atoms with van der Waals surface area (Å²) in [6, 6.07) is 8.00. The van der Waals surface area contributed by atoms with Gasteiger partial charge in [-0.15, -0.1) is 23.2 Å². The predicted molar refractivity (Wildman–Crippen MR) is 94.0 cm³/mol. The van der Waals surface area contributed by atoms with Crippen LogP contribution in [0, 0.1) is 0 Å². The molecule has 0 unspecified atom stereocenters. The molecule has 1 aliphatic rings. The highest BCUT2D eigenvalue weighted by Gasteiger charge is 2.10. The summed E-state index contributed by atoms with van der Waals surface area (Å²) in [5.74, 6) is 1.14. The van der Waals surface area contributed by atoms with Crippen LogP contribution in [0.15, 0.2) is 48.6 Å². The van der Waals surface area contributed by atoms with E-state index < -0.39 is 0 Å². The van der Waals surface area contributed by atoms with Gasteiger partial charge in [-0.3, -0.25) is 4.79 Å². The fourth-order valence-corrected chi connectivity index (χ4v) is 2.76. The SMILES string of the molecule is O=C(Cc1ccc(N(CCCl)CCCl)cc1)NC1C=CC=C1. The second-order valence-corrected chi connectivity index (χ2v) is 5.83. The van der Waals surface area contributed by atoms with Gasteiger partial charge in [0, 0.05) is 30.5 Å². The molecular weight excluding hydrogens is 319 g/mol. The van der Waals surface area contributed by atoms with Gasteiger partial charge in [0.25, 0.3) is 0 Å². The predicted octanol–water partition coefficient (Wildman–Crippen LogP) is 3.12. The minimum Gasteiger partial charge on any atom is -0.369 e. The fourth-order valence-electron chi connectivity index (χ4n) is 2.35. The van der Waals surface area contributed by atoms with Gasteiger partial charge in [-0.2, -0.15) is 0 Å². The normalized spacial score (nSPS) is 13.5. The topological polar surface area (TPSA) is 32.3 Å². The van der Waals surface area contributed by atoms with Crippen LogP contribution in [0.2, 0.25) is 0 Å². The van der Waals surface area contributed by atoms with Gasteiger partial charge in [0.15, 0.2) is 0 Å². The van der Waals surface area contributed by atoms with Gasteiger partial charge in [0.2, 0.25) is 5.91 Å². The number of halogens is 2. The number of amides is 1. The molecule has 1 aliphatic carbocycles. The van der Waals surface area contributed by atoms with Crippen LogP contribution in [-0.2, 0) is 11.2 Å². The first-order valence-corrected chi connectivity index (χ1v) is 8.40. The van der Waals surface area contributed by atoms with Crippen LogP contribution in [0.1, 0.15) is 5.56 Å². The van der Waals surface area contributed by atoms with Crippen molar-refractivity contribution in [2.45, 2.75) is 12.5 Å². The van der Waals surface area contributed by atoms with Crippen molar-refractivity contribution in [3.63, 3.8) is 0 Å². The summed E-state index contributed by atoms with van der Waals surface area (Å²) in [7, 11) is 0. The first kappa shape index (κ1) is 16.9. The average Bonchev–Trinajstić information content (AvgIpc) is 3.00.